The van der Waals surface area contributed by atoms with Crippen molar-refractivity contribution in [2.24, 2.45) is 0 Å². The lowest BCUT2D eigenvalue weighted by molar-refractivity contribution is 0.0423. The van der Waals surface area contributed by atoms with Gasteiger partial charge >= 0.3 is 0 Å². The summed E-state index contributed by atoms with van der Waals surface area (Å²) in [6.45, 7) is 4.80. The van der Waals surface area contributed by atoms with E-state index < -0.39 is 9.05 Å². The molecule has 0 atom stereocenters. The molecule has 0 aliphatic carbocycles. The number of benzene rings is 1. The van der Waals surface area contributed by atoms with Gasteiger partial charge in [-0.05, 0) is 44.4 Å². The van der Waals surface area contributed by atoms with E-state index in [4.69, 9.17) is 15.4 Å². The van der Waals surface area contributed by atoms with E-state index in [1.807, 2.05) is 6.92 Å². The second-order valence-electron chi connectivity index (χ2n) is 5.55. The second kappa shape index (κ2) is 5.94. The molecule has 0 spiro atoms. The molecule has 1 saturated heterocycles. The minimum Gasteiger partial charge on any atom is -0.381 e. The van der Waals surface area contributed by atoms with Crippen molar-refractivity contribution in [2.45, 2.75) is 37.1 Å². The average molecular weight is 332 g/mol. The predicted octanol–water partition coefficient (Wildman–Crippen LogP) is 2.22. The maximum absolute atomic E-state index is 12.3. The normalized spacial score (nSPS) is 18.2. The maximum Gasteiger partial charge on any atom is 0.261 e. The van der Waals surface area contributed by atoms with Gasteiger partial charge in [0.2, 0.25) is 0 Å². The quantitative estimate of drug-likeness (QED) is 0.862. The fraction of sp³-hybridized carbons (Fsp3) is 0.500. The van der Waals surface area contributed by atoms with Crippen LogP contribution >= 0.6 is 10.7 Å². The number of aryl methyl sites for hydroxylation is 1. The molecule has 0 unspecified atom stereocenters. The molecule has 1 fully saturated rings. The van der Waals surface area contributed by atoms with Crippen LogP contribution in [0.2, 0.25) is 0 Å². The lowest BCUT2D eigenvalue weighted by atomic mass is 9.92. The van der Waals surface area contributed by atoms with Gasteiger partial charge in [-0.25, -0.2) is 8.42 Å². The molecule has 1 heterocycles. The molecule has 2 rings (SSSR count). The Morgan fingerprint density at radius 1 is 1.33 bits per heavy atom. The molecule has 7 heteroatoms. The summed E-state index contributed by atoms with van der Waals surface area (Å²) >= 11 is 0. The molecule has 1 N–H and O–H groups in total. The average Bonchev–Trinajstić information content (AvgIpc) is 2.38. The van der Waals surface area contributed by atoms with Crippen molar-refractivity contribution in [1.82, 2.24) is 5.32 Å². The lowest BCUT2D eigenvalue weighted by Gasteiger charge is -2.34. The minimum absolute atomic E-state index is 0.0334. The van der Waals surface area contributed by atoms with Crippen LogP contribution in [0.1, 0.15) is 35.7 Å². The Balaban J connectivity index is 2.24. The van der Waals surface area contributed by atoms with E-state index in [0.29, 0.717) is 18.8 Å². The third kappa shape index (κ3) is 3.96. The number of hydrogen-bond donors (Lipinski definition) is 1. The summed E-state index contributed by atoms with van der Waals surface area (Å²) in [6.07, 6.45) is 1.45. The summed E-state index contributed by atoms with van der Waals surface area (Å²) in [6, 6.07) is 4.49. The third-order valence-electron chi connectivity index (χ3n) is 3.72. The number of amides is 1. The molecule has 1 amide bonds. The zero-order valence-corrected chi connectivity index (χ0v) is 13.6. The highest BCUT2D eigenvalue weighted by Gasteiger charge is 2.29. The highest BCUT2D eigenvalue weighted by molar-refractivity contribution is 8.13. The molecule has 0 aromatic heterocycles. The van der Waals surface area contributed by atoms with Crippen LogP contribution in [0.25, 0.3) is 0 Å². The summed E-state index contributed by atoms with van der Waals surface area (Å²) < 4.78 is 28.3. The van der Waals surface area contributed by atoms with Gasteiger partial charge in [0.05, 0.1) is 4.90 Å². The Bertz CT molecular complexity index is 651. The van der Waals surface area contributed by atoms with Gasteiger partial charge in [0.1, 0.15) is 0 Å². The first kappa shape index (κ1) is 16.3. The van der Waals surface area contributed by atoms with Gasteiger partial charge < -0.3 is 10.1 Å². The fourth-order valence-corrected chi connectivity index (χ4v) is 3.52. The van der Waals surface area contributed by atoms with Crippen molar-refractivity contribution in [2.75, 3.05) is 13.2 Å². The third-order valence-corrected chi connectivity index (χ3v) is 5.19. The summed E-state index contributed by atoms with van der Waals surface area (Å²) in [7, 11) is 1.52. The molecule has 0 bridgehead atoms. The fourth-order valence-electron chi connectivity index (χ4n) is 2.30. The van der Waals surface area contributed by atoms with Crippen LogP contribution in [-0.4, -0.2) is 33.1 Å². The van der Waals surface area contributed by atoms with E-state index in [2.05, 4.69) is 5.32 Å². The van der Waals surface area contributed by atoms with Crippen molar-refractivity contribution in [3.8, 4) is 0 Å². The molecule has 0 saturated carbocycles. The lowest BCUT2D eigenvalue weighted by Crippen LogP contribution is -2.49. The summed E-state index contributed by atoms with van der Waals surface area (Å²) in [4.78, 5) is 12.3. The molecule has 1 aromatic rings. The van der Waals surface area contributed by atoms with E-state index in [9.17, 15) is 13.2 Å². The van der Waals surface area contributed by atoms with Gasteiger partial charge in [0.15, 0.2) is 0 Å². The monoisotopic (exact) mass is 331 g/mol. The Kier molecular flexibility index (Phi) is 4.60. The molecule has 21 heavy (non-hydrogen) atoms. The Hall–Kier alpha value is -1.11. The number of nitrogens with one attached hydrogen (secondary N) is 1. The van der Waals surface area contributed by atoms with Crippen LogP contribution in [-0.2, 0) is 13.8 Å². The summed E-state index contributed by atoms with van der Waals surface area (Å²) in [5, 5.41) is 2.95. The Labute approximate surface area is 129 Å². The van der Waals surface area contributed by atoms with E-state index in [1.165, 1.54) is 6.07 Å². The van der Waals surface area contributed by atoms with Crippen LogP contribution in [0.15, 0.2) is 23.1 Å². The van der Waals surface area contributed by atoms with Crippen molar-refractivity contribution in [3.05, 3.63) is 29.3 Å². The van der Waals surface area contributed by atoms with Gasteiger partial charge in [0, 0.05) is 35.0 Å². The molecule has 1 aromatic carbocycles. The van der Waals surface area contributed by atoms with Gasteiger partial charge in [-0.3, -0.25) is 4.79 Å². The highest BCUT2D eigenvalue weighted by atomic mass is 35.7. The standard InChI is InChI=1S/C14H18ClNO4S/c1-10-3-4-11(9-12(10)21(15,18)19)13(17)16-14(2)5-7-20-8-6-14/h3-4,9H,5-8H2,1-2H3,(H,16,17). The van der Waals surface area contributed by atoms with E-state index in [-0.39, 0.29) is 21.9 Å². The van der Waals surface area contributed by atoms with E-state index >= 15 is 0 Å². The van der Waals surface area contributed by atoms with Crippen LogP contribution in [0.4, 0.5) is 0 Å². The van der Waals surface area contributed by atoms with E-state index in [0.717, 1.165) is 12.8 Å². The first-order valence-electron chi connectivity index (χ1n) is 6.67. The second-order valence-corrected chi connectivity index (χ2v) is 8.08. The number of rotatable bonds is 3. The largest absolute Gasteiger partial charge is 0.381 e. The SMILES string of the molecule is Cc1ccc(C(=O)NC2(C)CCOCC2)cc1S(=O)(=O)Cl. The zero-order valence-electron chi connectivity index (χ0n) is 12.0. The van der Waals surface area contributed by atoms with Crippen LogP contribution in [0.5, 0.6) is 0 Å². The van der Waals surface area contributed by atoms with Crippen LogP contribution < -0.4 is 5.32 Å². The first-order chi connectivity index (χ1) is 9.71. The van der Waals surface area contributed by atoms with Crippen molar-refractivity contribution < 1.29 is 17.9 Å². The first-order valence-corrected chi connectivity index (χ1v) is 8.98. The molecule has 5 nitrogen and oxygen atoms in total. The Morgan fingerprint density at radius 3 is 2.52 bits per heavy atom. The van der Waals surface area contributed by atoms with Crippen molar-refractivity contribution in [1.29, 1.82) is 0 Å². The molecule has 0 radical (unpaired) electrons. The zero-order chi connectivity index (χ0) is 15.7. The predicted molar refractivity (Wildman–Crippen MR) is 80.1 cm³/mol. The molecular weight excluding hydrogens is 314 g/mol. The van der Waals surface area contributed by atoms with Gasteiger partial charge in [-0.1, -0.05) is 6.07 Å². The maximum atomic E-state index is 12.3. The van der Waals surface area contributed by atoms with E-state index in [1.54, 1.807) is 19.1 Å². The van der Waals surface area contributed by atoms with Crippen molar-refractivity contribution >= 4 is 25.6 Å². The number of hydrogen-bond acceptors (Lipinski definition) is 4. The molecule has 1 aliphatic rings. The minimum atomic E-state index is -3.87. The summed E-state index contributed by atoms with van der Waals surface area (Å²) in [5.74, 6) is -0.305. The van der Waals surface area contributed by atoms with Gasteiger partial charge in [-0.15, -0.1) is 0 Å². The van der Waals surface area contributed by atoms with Crippen LogP contribution in [0.3, 0.4) is 0 Å². The molecule has 116 valence electrons. The highest BCUT2D eigenvalue weighted by Crippen LogP contribution is 2.23. The van der Waals surface area contributed by atoms with Crippen molar-refractivity contribution in [3.63, 3.8) is 0 Å². The van der Waals surface area contributed by atoms with Gasteiger partial charge in [-0.2, -0.15) is 0 Å². The topological polar surface area (TPSA) is 72.5 Å². The molecular formula is C14H18ClNO4S. The molecule has 1 aliphatic heterocycles. The van der Waals surface area contributed by atoms with Crippen LogP contribution in [0, 0.1) is 6.92 Å². The summed E-state index contributed by atoms with van der Waals surface area (Å²) in [5.41, 5.74) is 0.464. The number of carbonyl (C=O) groups is 1. The smallest absolute Gasteiger partial charge is 0.261 e. The number of ether oxygens (including phenoxy) is 1. The van der Waals surface area contributed by atoms with Gasteiger partial charge in [0.25, 0.3) is 15.0 Å². The Morgan fingerprint density at radius 2 is 1.95 bits per heavy atom. The number of halogens is 1. The number of carbonyl (C=O) groups excluding carboxylic acids is 1.